The van der Waals surface area contributed by atoms with Gasteiger partial charge >= 0.3 is 8.80 Å². The standard InChI is InChI=1S/C7H17FO3Si/c1-9-12(10-2,11-3)7-5-4-6-8/h4-7H2,1-3H3. The fourth-order valence-electron chi connectivity index (χ4n) is 0.992. The fourth-order valence-corrected chi connectivity index (χ4v) is 2.79. The Hall–Kier alpha value is 0.0269. The number of halogens is 1. The van der Waals surface area contributed by atoms with Crippen LogP contribution >= 0.6 is 0 Å². The molecule has 0 saturated heterocycles. The first-order valence-corrected chi connectivity index (χ1v) is 5.89. The van der Waals surface area contributed by atoms with Gasteiger partial charge in [-0.05, 0) is 12.8 Å². The molecule has 0 radical (unpaired) electrons. The number of rotatable bonds is 7. The summed E-state index contributed by atoms with van der Waals surface area (Å²) in [5.74, 6) is 0. The monoisotopic (exact) mass is 196 g/mol. The van der Waals surface area contributed by atoms with Crippen LogP contribution in [-0.2, 0) is 13.3 Å². The van der Waals surface area contributed by atoms with Crippen LogP contribution in [0.5, 0.6) is 0 Å². The Morgan fingerprint density at radius 1 is 1.00 bits per heavy atom. The molecule has 0 aliphatic heterocycles. The quantitative estimate of drug-likeness (QED) is 0.457. The lowest BCUT2D eigenvalue weighted by Gasteiger charge is -2.23. The van der Waals surface area contributed by atoms with Crippen LogP contribution < -0.4 is 0 Å². The zero-order chi connectivity index (χ0) is 9.45. The molecule has 0 fully saturated rings. The molecule has 5 heteroatoms. The van der Waals surface area contributed by atoms with Gasteiger partial charge in [-0.25, -0.2) is 0 Å². The van der Waals surface area contributed by atoms with Gasteiger partial charge in [-0.3, -0.25) is 4.39 Å². The van der Waals surface area contributed by atoms with Crippen molar-refractivity contribution in [3.63, 3.8) is 0 Å². The average molecular weight is 196 g/mol. The Morgan fingerprint density at radius 3 is 1.83 bits per heavy atom. The van der Waals surface area contributed by atoms with E-state index in [-0.39, 0.29) is 6.67 Å². The minimum atomic E-state index is -2.42. The van der Waals surface area contributed by atoms with Gasteiger partial charge in [0.2, 0.25) is 0 Å². The lowest BCUT2D eigenvalue weighted by Crippen LogP contribution is -2.42. The van der Waals surface area contributed by atoms with E-state index in [0.29, 0.717) is 12.5 Å². The normalized spacial score (nSPS) is 12.0. The predicted molar refractivity (Wildman–Crippen MR) is 46.8 cm³/mol. The summed E-state index contributed by atoms with van der Waals surface area (Å²) in [5, 5.41) is 0. The summed E-state index contributed by atoms with van der Waals surface area (Å²) in [5.41, 5.74) is 0. The molecule has 0 aliphatic rings. The van der Waals surface area contributed by atoms with Crippen LogP contribution in [0.15, 0.2) is 0 Å². The molecule has 0 aromatic rings. The molecule has 0 atom stereocenters. The van der Waals surface area contributed by atoms with Crippen molar-refractivity contribution in [2.75, 3.05) is 28.0 Å². The van der Waals surface area contributed by atoms with Gasteiger partial charge in [0.1, 0.15) is 0 Å². The second-order valence-electron chi connectivity index (χ2n) is 2.44. The molecule has 0 aromatic carbocycles. The van der Waals surface area contributed by atoms with Crippen molar-refractivity contribution < 1.29 is 17.7 Å². The van der Waals surface area contributed by atoms with Gasteiger partial charge in [0.15, 0.2) is 0 Å². The summed E-state index contributed by atoms with van der Waals surface area (Å²) < 4.78 is 27.2. The molecular formula is C7H17FO3Si. The van der Waals surface area contributed by atoms with Crippen LogP contribution in [0.1, 0.15) is 12.8 Å². The zero-order valence-electron chi connectivity index (χ0n) is 7.93. The molecule has 74 valence electrons. The van der Waals surface area contributed by atoms with Crippen LogP contribution in [0, 0.1) is 0 Å². The summed E-state index contributed by atoms with van der Waals surface area (Å²) in [6.45, 7) is -0.290. The van der Waals surface area contributed by atoms with E-state index in [4.69, 9.17) is 13.3 Å². The summed E-state index contributed by atoms with van der Waals surface area (Å²) in [6, 6.07) is 0.681. The summed E-state index contributed by atoms with van der Waals surface area (Å²) in [7, 11) is 2.27. The number of hydrogen-bond donors (Lipinski definition) is 0. The van der Waals surface area contributed by atoms with Gasteiger partial charge in [0.25, 0.3) is 0 Å². The van der Waals surface area contributed by atoms with Gasteiger partial charge in [0, 0.05) is 27.4 Å². The first-order chi connectivity index (χ1) is 5.74. The Balaban J connectivity index is 3.76. The Kier molecular flexibility index (Phi) is 6.55. The van der Waals surface area contributed by atoms with E-state index in [1.807, 2.05) is 0 Å². The highest BCUT2D eigenvalue weighted by Crippen LogP contribution is 2.15. The van der Waals surface area contributed by atoms with E-state index in [9.17, 15) is 4.39 Å². The van der Waals surface area contributed by atoms with Gasteiger partial charge in [-0.1, -0.05) is 0 Å². The highest BCUT2D eigenvalue weighted by Gasteiger charge is 2.36. The highest BCUT2D eigenvalue weighted by atomic mass is 28.4. The molecule has 0 saturated carbocycles. The van der Waals surface area contributed by atoms with Crippen LogP contribution in [0.2, 0.25) is 6.04 Å². The van der Waals surface area contributed by atoms with Crippen molar-refractivity contribution >= 4 is 8.80 Å². The van der Waals surface area contributed by atoms with Crippen molar-refractivity contribution in [3.05, 3.63) is 0 Å². The molecule has 0 aliphatic carbocycles. The van der Waals surface area contributed by atoms with Crippen LogP contribution in [0.25, 0.3) is 0 Å². The Bertz CT molecular complexity index is 101. The maximum absolute atomic E-state index is 11.8. The van der Waals surface area contributed by atoms with E-state index in [0.717, 1.165) is 6.42 Å². The molecule has 0 spiro atoms. The van der Waals surface area contributed by atoms with Gasteiger partial charge in [-0.15, -0.1) is 0 Å². The minimum absolute atomic E-state index is 0.290. The number of alkyl halides is 1. The summed E-state index contributed by atoms with van der Waals surface area (Å²) in [4.78, 5) is 0. The van der Waals surface area contributed by atoms with Crippen LogP contribution in [-0.4, -0.2) is 36.8 Å². The van der Waals surface area contributed by atoms with Crippen molar-refractivity contribution in [1.82, 2.24) is 0 Å². The largest absolute Gasteiger partial charge is 0.500 e. The first kappa shape index (κ1) is 12.0. The molecule has 0 bridgehead atoms. The van der Waals surface area contributed by atoms with E-state index < -0.39 is 8.80 Å². The second-order valence-corrected chi connectivity index (χ2v) is 5.53. The molecule has 0 amide bonds. The van der Waals surface area contributed by atoms with Crippen LogP contribution in [0.4, 0.5) is 4.39 Å². The van der Waals surface area contributed by atoms with Gasteiger partial charge in [-0.2, -0.15) is 0 Å². The van der Waals surface area contributed by atoms with E-state index >= 15 is 0 Å². The third kappa shape index (κ3) is 3.62. The first-order valence-electron chi connectivity index (χ1n) is 3.96. The van der Waals surface area contributed by atoms with Crippen molar-refractivity contribution in [1.29, 1.82) is 0 Å². The highest BCUT2D eigenvalue weighted by molar-refractivity contribution is 6.60. The molecule has 0 unspecified atom stereocenters. The second kappa shape index (κ2) is 6.53. The minimum Gasteiger partial charge on any atom is -0.377 e. The maximum atomic E-state index is 11.8. The maximum Gasteiger partial charge on any atom is 0.500 e. The van der Waals surface area contributed by atoms with Gasteiger partial charge < -0.3 is 13.3 Å². The van der Waals surface area contributed by atoms with Crippen molar-refractivity contribution in [2.24, 2.45) is 0 Å². The fraction of sp³-hybridized carbons (Fsp3) is 1.00. The predicted octanol–water partition coefficient (Wildman–Crippen LogP) is 1.61. The van der Waals surface area contributed by atoms with Crippen LogP contribution in [0.3, 0.4) is 0 Å². The molecule has 3 nitrogen and oxygen atoms in total. The summed E-state index contributed by atoms with van der Waals surface area (Å²) in [6.07, 6.45) is 1.29. The molecule has 0 rings (SSSR count). The average Bonchev–Trinajstić information content (AvgIpc) is 2.14. The van der Waals surface area contributed by atoms with Crippen molar-refractivity contribution in [3.8, 4) is 0 Å². The third-order valence-electron chi connectivity index (χ3n) is 1.80. The Morgan fingerprint density at radius 2 is 1.50 bits per heavy atom. The van der Waals surface area contributed by atoms with Gasteiger partial charge in [0.05, 0.1) is 6.67 Å². The SMILES string of the molecule is CO[Si](CCCCF)(OC)OC. The van der Waals surface area contributed by atoms with E-state index in [2.05, 4.69) is 0 Å². The topological polar surface area (TPSA) is 27.7 Å². The molecular weight excluding hydrogens is 179 g/mol. The Labute approximate surface area is 74.2 Å². The molecule has 0 heterocycles. The molecule has 12 heavy (non-hydrogen) atoms. The van der Waals surface area contributed by atoms with Crippen molar-refractivity contribution in [2.45, 2.75) is 18.9 Å². The lowest BCUT2D eigenvalue weighted by atomic mass is 10.4. The number of unbranched alkanes of at least 4 members (excludes halogenated alkanes) is 1. The van der Waals surface area contributed by atoms with E-state index in [1.165, 1.54) is 0 Å². The molecule has 0 aromatic heterocycles. The zero-order valence-corrected chi connectivity index (χ0v) is 8.93. The lowest BCUT2D eigenvalue weighted by molar-refractivity contribution is 0.122. The smallest absolute Gasteiger partial charge is 0.377 e. The third-order valence-corrected chi connectivity index (χ3v) is 4.63. The molecule has 0 N–H and O–H groups in total. The summed E-state index contributed by atoms with van der Waals surface area (Å²) >= 11 is 0. The number of hydrogen-bond acceptors (Lipinski definition) is 3. The van der Waals surface area contributed by atoms with E-state index in [1.54, 1.807) is 21.3 Å².